The molecule has 118 valence electrons. The molecule has 21 heavy (non-hydrogen) atoms. The molecule has 1 aromatic heterocycles. The van der Waals surface area contributed by atoms with Crippen LogP contribution in [0.1, 0.15) is 57.2 Å². The number of carbonyl (C=O) groups excluding carboxylic acids is 1. The molecule has 4 nitrogen and oxygen atoms in total. The van der Waals surface area contributed by atoms with Crippen molar-refractivity contribution < 1.29 is 14.3 Å². The van der Waals surface area contributed by atoms with Crippen molar-refractivity contribution in [3.63, 3.8) is 0 Å². The normalized spacial score (nSPS) is 20.2. The molecule has 1 aliphatic carbocycles. The summed E-state index contributed by atoms with van der Waals surface area (Å²) in [4.78, 5) is 16.0. The fourth-order valence-corrected chi connectivity index (χ4v) is 3.88. The summed E-state index contributed by atoms with van der Waals surface area (Å²) in [7, 11) is 1.40. The van der Waals surface area contributed by atoms with Crippen LogP contribution in [0.15, 0.2) is 5.38 Å². The SMILES string of the molecule is CCOC1(c2nc(CC(=O)OC)cs2)CCC(C)(C)CC1. The van der Waals surface area contributed by atoms with E-state index in [-0.39, 0.29) is 18.0 Å². The summed E-state index contributed by atoms with van der Waals surface area (Å²) >= 11 is 1.60. The zero-order valence-electron chi connectivity index (χ0n) is 13.4. The smallest absolute Gasteiger partial charge is 0.311 e. The highest BCUT2D eigenvalue weighted by atomic mass is 32.1. The van der Waals surface area contributed by atoms with Crippen LogP contribution in [-0.2, 0) is 26.3 Å². The highest BCUT2D eigenvalue weighted by molar-refractivity contribution is 7.09. The monoisotopic (exact) mass is 311 g/mol. The van der Waals surface area contributed by atoms with Gasteiger partial charge in [-0.15, -0.1) is 11.3 Å². The standard InChI is InChI=1S/C16H25NO3S/c1-5-20-16(8-6-15(2,3)7-9-16)14-17-12(11-21-14)10-13(18)19-4/h11H,5-10H2,1-4H3. The Balaban J connectivity index is 2.17. The molecule has 0 unspecified atom stereocenters. The predicted octanol–water partition coefficient (Wildman–Crippen LogP) is 3.69. The van der Waals surface area contributed by atoms with E-state index in [0.717, 1.165) is 36.4 Å². The molecule has 0 bridgehead atoms. The summed E-state index contributed by atoms with van der Waals surface area (Å²) < 4.78 is 10.8. The molecule has 1 saturated carbocycles. The molecule has 1 aromatic rings. The number of hydrogen-bond acceptors (Lipinski definition) is 5. The fraction of sp³-hybridized carbons (Fsp3) is 0.750. The van der Waals surface area contributed by atoms with Gasteiger partial charge in [0.15, 0.2) is 0 Å². The third-order valence-electron chi connectivity index (χ3n) is 4.33. The summed E-state index contributed by atoms with van der Waals surface area (Å²) in [6, 6.07) is 0. The van der Waals surface area contributed by atoms with Gasteiger partial charge < -0.3 is 9.47 Å². The van der Waals surface area contributed by atoms with E-state index in [0.29, 0.717) is 12.0 Å². The van der Waals surface area contributed by atoms with Crippen LogP contribution >= 0.6 is 11.3 Å². The first kappa shape index (κ1) is 16.4. The molecule has 1 heterocycles. The van der Waals surface area contributed by atoms with Crippen LogP contribution in [-0.4, -0.2) is 24.7 Å². The average molecular weight is 311 g/mol. The van der Waals surface area contributed by atoms with Crippen LogP contribution in [0.4, 0.5) is 0 Å². The molecule has 0 aliphatic heterocycles. The highest BCUT2D eigenvalue weighted by Gasteiger charge is 2.42. The van der Waals surface area contributed by atoms with Gasteiger partial charge in [0.25, 0.3) is 0 Å². The number of hydrogen-bond donors (Lipinski definition) is 0. The molecule has 0 atom stereocenters. The van der Waals surface area contributed by atoms with Gasteiger partial charge in [-0.3, -0.25) is 4.79 Å². The Morgan fingerprint density at radius 1 is 1.33 bits per heavy atom. The van der Waals surface area contributed by atoms with E-state index < -0.39 is 0 Å². The Morgan fingerprint density at radius 3 is 2.57 bits per heavy atom. The molecule has 0 radical (unpaired) electrons. The molecule has 0 N–H and O–H groups in total. The van der Waals surface area contributed by atoms with Crippen molar-refractivity contribution in [3.8, 4) is 0 Å². The van der Waals surface area contributed by atoms with Crippen LogP contribution in [0, 0.1) is 5.41 Å². The number of nitrogens with zero attached hydrogens (tertiary/aromatic N) is 1. The number of esters is 1. The highest BCUT2D eigenvalue weighted by Crippen LogP contribution is 2.48. The maximum atomic E-state index is 11.4. The number of methoxy groups -OCH3 is 1. The molecule has 0 saturated heterocycles. The largest absolute Gasteiger partial charge is 0.469 e. The van der Waals surface area contributed by atoms with E-state index in [2.05, 4.69) is 18.8 Å². The third kappa shape index (κ3) is 3.83. The van der Waals surface area contributed by atoms with Crippen molar-refractivity contribution in [2.75, 3.05) is 13.7 Å². The first-order valence-corrected chi connectivity index (χ1v) is 8.44. The first-order chi connectivity index (χ1) is 9.91. The van der Waals surface area contributed by atoms with E-state index >= 15 is 0 Å². The second-order valence-corrected chi connectivity index (χ2v) is 7.35. The Labute approximate surface area is 130 Å². The predicted molar refractivity (Wildman–Crippen MR) is 83.4 cm³/mol. The number of aromatic nitrogens is 1. The molecule has 1 fully saturated rings. The van der Waals surface area contributed by atoms with Gasteiger partial charge in [0.1, 0.15) is 10.6 Å². The van der Waals surface area contributed by atoms with Crippen molar-refractivity contribution in [1.29, 1.82) is 0 Å². The summed E-state index contributed by atoms with van der Waals surface area (Å²) in [5, 5.41) is 2.96. The van der Waals surface area contributed by atoms with Crippen LogP contribution in [0.5, 0.6) is 0 Å². The average Bonchev–Trinajstić information content (AvgIpc) is 2.90. The lowest BCUT2D eigenvalue weighted by molar-refractivity contribution is -0.139. The lowest BCUT2D eigenvalue weighted by Crippen LogP contribution is -2.37. The lowest BCUT2D eigenvalue weighted by atomic mass is 9.71. The van der Waals surface area contributed by atoms with Crippen molar-refractivity contribution in [1.82, 2.24) is 4.98 Å². The number of carbonyl (C=O) groups is 1. The van der Waals surface area contributed by atoms with Gasteiger partial charge >= 0.3 is 5.97 Å². The van der Waals surface area contributed by atoms with E-state index in [1.807, 2.05) is 12.3 Å². The second-order valence-electron chi connectivity index (χ2n) is 6.49. The minimum Gasteiger partial charge on any atom is -0.469 e. The first-order valence-electron chi connectivity index (χ1n) is 7.56. The molecule has 0 spiro atoms. The topological polar surface area (TPSA) is 48.4 Å². The molecule has 5 heteroatoms. The lowest BCUT2D eigenvalue weighted by Gasteiger charge is -2.42. The second kappa shape index (κ2) is 6.44. The van der Waals surface area contributed by atoms with Crippen molar-refractivity contribution in [2.24, 2.45) is 5.41 Å². The number of thiazole rings is 1. The van der Waals surface area contributed by atoms with E-state index in [1.54, 1.807) is 11.3 Å². The Morgan fingerprint density at radius 2 is 2.00 bits per heavy atom. The van der Waals surface area contributed by atoms with E-state index in [4.69, 9.17) is 9.47 Å². The molecule has 0 aromatic carbocycles. The van der Waals surface area contributed by atoms with Crippen LogP contribution in [0.3, 0.4) is 0 Å². The van der Waals surface area contributed by atoms with Crippen molar-refractivity contribution >= 4 is 17.3 Å². The third-order valence-corrected chi connectivity index (χ3v) is 5.40. The molecule has 1 aliphatic rings. The van der Waals surface area contributed by atoms with Gasteiger partial charge in [0.05, 0.1) is 19.2 Å². The number of rotatable bonds is 5. The summed E-state index contributed by atoms with van der Waals surface area (Å²) in [5.74, 6) is -0.248. The van der Waals surface area contributed by atoms with E-state index in [1.165, 1.54) is 7.11 Å². The van der Waals surface area contributed by atoms with Crippen molar-refractivity contribution in [2.45, 2.75) is 58.5 Å². The molecular weight excluding hydrogens is 286 g/mol. The minimum absolute atomic E-state index is 0.237. The molecule has 2 rings (SSSR count). The maximum Gasteiger partial charge on any atom is 0.311 e. The van der Waals surface area contributed by atoms with Gasteiger partial charge in [-0.05, 0) is 38.0 Å². The van der Waals surface area contributed by atoms with Gasteiger partial charge in [0, 0.05) is 12.0 Å². The Bertz CT molecular complexity index is 485. The molecular formula is C16H25NO3S. The van der Waals surface area contributed by atoms with Crippen molar-refractivity contribution in [3.05, 3.63) is 16.1 Å². The van der Waals surface area contributed by atoms with Gasteiger partial charge in [0.2, 0.25) is 0 Å². The minimum atomic E-state index is -0.261. The molecule has 0 amide bonds. The Kier molecular flexibility index (Phi) is 5.04. The summed E-state index contributed by atoms with van der Waals surface area (Å²) in [5.41, 5.74) is 0.904. The van der Waals surface area contributed by atoms with Gasteiger partial charge in [-0.2, -0.15) is 0 Å². The zero-order valence-corrected chi connectivity index (χ0v) is 14.2. The quantitative estimate of drug-likeness (QED) is 0.778. The zero-order chi connectivity index (χ0) is 15.5. The summed E-state index contributed by atoms with van der Waals surface area (Å²) in [6.45, 7) is 7.34. The van der Waals surface area contributed by atoms with Gasteiger partial charge in [-0.25, -0.2) is 4.98 Å². The number of ether oxygens (including phenoxy) is 2. The van der Waals surface area contributed by atoms with Gasteiger partial charge in [-0.1, -0.05) is 13.8 Å². The van der Waals surface area contributed by atoms with Crippen LogP contribution in [0.2, 0.25) is 0 Å². The Hall–Kier alpha value is -0.940. The van der Waals surface area contributed by atoms with Crippen LogP contribution < -0.4 is 0 Å². The summed E-state index contributed by atoms with van der Waals surface area (Å²) in [6.07, 6.45) is 4.51. The fourth-order valence-electron chi connectivity index (χ4n) is 2.84. The van der Waals surface area contributed by atoms with E-state index in [9.17, 15) is 4.79 Å². The van der Waals surface area contributed by atoms with Crippen LogP contribution in [0.25, 0.3) is 0 Å². The maximum absolute atomic E-state index is 11.4.